The largest absolute Gasteiger partial charge is 0.333 e. The summed E-state index contributed by atoms with van der Waals surface area (Å²) in [5, 5.41) is 8.32. The molecule has 0 saturated heterocycles. The van der Waals surface area contributed by atoms with Crippen LogP contribution in [0.4, 0.5) is 14.5 Å². The highest BCUT2D eigenvalue weighted by Gasteiger charge is 2.27. The molecule has 0 unspecified atom stereocenters. The van der Waals surface area contributed by atoms with E-state index in [2.05, 4.69) is 14.9 Å². The molecule has 2 heterocycles. The molecule has 7 nitrogen and oxygen atoms in total. The molecule has 0 amide bonds. The molecular formula is C16H16ClF2N5O2S. The third-order valence-electron chi connectivity index (χ3n) is 3.86. The first-order valence-corrected chi connectivity index (χ1v) is 9.67. The van der Waals surface area contributed by atoms with E-state index in [-0.39, 0.29) is 22.0 Å². The number of nitrogens with one attached hydrogen (secondary N) is 1. The van der Waals surface area contributed by atoms with Gasteiger partial charge in [-0.1, -0.05) is 23.7 Å². The molecular weight excluding hydrogens is 400 g/mol. The van der Waals surface area contributed by atoms with E-state index in [0.29, 0.717) is 16.2 Å². The molecule has 11 heteroatoms. The number of benzene rings is 1. The maximum Gasteiger partial charge on any atom is 0.333 e. The van der Waals surface area contributed by atoms with E-state index < -0.39 is 16.6 Å². The Morgan fingerprint density at radius 1 is 1.22 bits per heavy atom. The zero-order valence-corrected chi connectivity index (χ0v) is 16.0. The molecule has 27 heavy (non-hydrogen) atoms. The number of sulfonamides is 1. The van der Waals surface area contributed by atoms with Crippen LogP contribution in [0.2, 0.25) is 5.02 Å². The average Bonchev–Trinajstić information content (AvgIpc) is 3.13. The number of hydrogen-bond donors (Lipinski definition) is 1. The highest BCUT2D eigenvalue weighted by atomic mass is 35.5. The standard InChI is InChI=1S/C16H16ClF2N5O2S/c1-10-15(11(2)24(21-10)16(18)19)27(25,26)22-14-7-20-23(9-14)8-12-3-5-13(17)6-4-12/h3-7,9,16,22H,8H2,1-2H3. The lowest BCUT2D eigenvalue weighted by Gasteiger charge is -2.07. The van der Waals surface area contributed by atoms with E-state index in [1.165, 1.54) is 26.2 Å². The van der Waals surface area contributed by atoms with Gasteiger partial charge in [0.05, 0.1) is 29.8 Å². The minimum Gasteiger partial charge on any atom is -0.276 e. The van der Waals surface area contributed by atoms with Gasteiger partial charge in [0.2, 0.25) is 0 Å². The van der Waals surface area contributed by atoms with Gasteiger partial charge in [0.1, 0.15) is 4.90 Å². The monoisotopic (exact) mass is 415 g/mol. The Labute approximate surface area is 159 Å². The number of rotatable bonds is 6. The van der Waals surface area contributed by atoms with Crippen LogP contribution in [-0.4, -0.2) is 28.0 Å². The minimum atomic E-state index is -4.09. The number of anilines is 1. The summed E-state index contributed by atoms with van der Waals surface area (Å²) in [6, 6.07) is 7.16. The molecule has 2 aromatic heterocycles. The molecule has 0 aliphatic carbocycles. The number of alkyl halides is 2. The van der Waals surface area contributed by atoms with E-state index in [4.69, 9.17) is 11.6 Å². The molecule has 1 N–H and O–H groups in total. The molecule has 0 aliphatic rings. The van der Waals surface area contributed by atoms with Crippen LogP contribution in [0.5, 0.6) is 0 Å². The van der Waals surface area contributed by atoms with Crippen molar-refractivity contribution >= 4 is 27.3 Å². The van der Waals surface area contributed by atoms with Gasteiger partial charge in [-0.25, -0.2) is 13.1 Å². The van der Waals surface area contributed by atoms with Crippen molar-refractivity contribution in [2.45, 2.75) is 31.8 Å². The summed E-state index contributed by atoms with van der Waals surface area (Å²) >= 11 is 5.84. The van der Waals surface area contributed by atoms with E-state index in [0.717, 1.165) is 5.56 Å². The number of aromatic nitrogens is 4. The van der Waals surface area contributed by atoms with Crippen LogP contribution in [0.25, 0.3) is 0 Å². The number of halogens is 3. The summed E-state index contributed by atoms with van der Waals surface area (Å²) in [5.41, 5.74) is 1.01. The van der Waals surface area contributed by atoms with Crippen LogP contribution in [0.15, 0.2) is 41.6 Å². The van der Waals surface area contributed by atoms with E-state index in [1.54, 1.807) is 16.8 Å². The summed E-state index contributed by atoms with van der Waals surface area (Å²) in [5.74, 6) is 0. The van der Waals surface area contributed by atoms with Crippen LogP contribution in [-0.2, 0) is 16.6 Å². The van der Waals surface area contributed by atoms with Gasteiger partial charge < -0.3 is 0 Å². The molecule has 0 atom stereocenters. The molecule has 0 radical (unpaired) electrons. The van der Waals surface area contributed by atoms with E-state index in [9.17, 15) is 17.2 Å². The second-order valence-corrected chi connectivity index (χ2v) is 7.94. The zero-order valence-electron chi connectivity index (χ0n) is 14.4. The van der Waals surface area contributed by atoms with Gasteiger partial charge in [0.25, 0.3) is 10.0 Å². The van der Waals surface area contributed by atoms with Crippen LogP contribution in [0.1, 0.15) is 23.5 Å². The smallest absolute Gasteiger partial charge is 0.276 e. The predicted octanol–water partition coefficient (Wildman–Crippen LogP) is 3.59. The van der Waals surface area contributed by atoms with Crippen molar-refractivity contribution in [3.63, 3.8) is 0 Å². The van der Waals surface area contributed by atoms with Gasteiger partial charge in [0.15, 0.2) is 0 Å². The number of aryl methyl sites for hydroxylation is 1. The minimum absolute atomic E-state index is 0.00569. The fraction of sp³-hybridized carbons (Fsp3) is 0.250. The summed E-state index contributed by atoms with van der Waals surface area (Å²) in [4.78, 5) is -0.270. The van der Waals surface area contributed by atoms with Crippen molar-refractivity contribution < 1.29 is 17.2 Å². The highest BCUT2D eigenvalue weighted by molar-refractivity contribution is 7.92. The molecule has 1 aromatic carbocycles. The van der Waals surface area contributed by atoms with Crippen molar-refractivity contribution in [2.24, 2.45) is 0 Å². The van der Waals surface area contributed by atoms with Crippen molar-refractivity contribution in [3.05, 3.63) is 58.6 Å². The van der Waals surface area contributed by atoms with E-state index >= 15 is 0 Å². The van der Waals surface area contributed by atoms with Gasteiger partial charge in [-0.15, -0.1) is 0 Å². The second kappa shape index (κ2) is 7.28. The third kappa shape index (κ3) is 4.11. The third-order valence-corrected chi connectivity index (χ3v) is 5.74. The quantitative estimate of drug-likeness (QED) is 0.667. The van der Waals surface area contributed by atoms with E-state index in [1.807, 2.05) is 12.1 Å². The number of nitrogens with zero attached hydrogens (tertiary/aromatic N) is 4. The molecule has 0 aliphatic heterocycles. The Morgan fingerprint density at radius 3 is 2.48 bits per heavy atom. The molecule has 0 fully saturated rings. The molecule has 0 spiro atoms. The zero-order chi connectivity index (χ0) is 19.8. The Balaban J connectivity index is 1.81. The first kappa shape index (κ1) is 19.3. The Morgan fingerprint density at radius 2 is 1.89 bits per heavy atom. The summed E-state index contributed by atoms with van der Waals surface area (Å²) in [6.45, 7) is 0.143. The SMILES string of the molecule is Cc1nn(C(F)F)c(C)c1S(=O)(=O)Nc1cnn(Cc2ccc(Cl)cc2)c1. The maximum absolute atomic E-state index is 12.9. The van der Waals surface area contributed by atoms with Crippen molar-refractivity contribution in [3.8, 4) is 0 Å². The average molecular weight is 416 g/mol. The van der Waals surface area contributed by atoms with Gasteiger partial charge in [-0.05, 0) is 31.5 Å². The lowest BCUT2D eigenvalue weighted by atomic mass is 10.2. The Bertz CT molecular complexity index is 1060. The molecule has 0 saturated carbocycles. The topological polar surface area (TPSA) is 81.8 Å². The normalized spacial score (nSPS) is 11.9. The second-order valence-electron chi connectivity index (χ2n) is 5.88. The molecule has 0 bridgehead atoms. The van der Waals surface area contributed by atoms with Crippen LogP contribution < -0.4 is 4.72 Å². The Hall–Kier alpha value is -2.46. The Kier molecular flexibility index (Phi) is 5.20. The van der Waals surface area contributed by atoms with Gasteiger partial charge in [0, 0.05) is 11.2 Å². The van der Waals surface area contributed by atoms with Crippen molar-refractivity contribution in [1.82, 2.24) is 19.6 Å². The van der Waals surface area contributed by atoms with Crippen molar-refractivity contribution in [2.75, 3.05) is 4.72 Å². The first-order valence-electron chi connectivity index (χ1n) is 7.81. The highest BCUT2D eigenvalue weighted by Crippen LogP contribution is 2.25. The summed E-state index contributed by atoms with van der Waals surface area (Å²) in [7, 11) is -4.09. The van der Waals surface area contributed by atoms with Crippen LogP contribution in [0.3, 0.4) is 0 Å². The van der Waals surface area contributed by atoms with Crippen LogP contribution in [0, 0.1) is 13.8 Å². The number of hydrogen-bond acceptors (Lipinski definition) is 4. The lowest BCUT2D eigenvalue weighted by Crippen LogP contribution is -2.15. The molecule has 3 rings (SSSR count). The van der Waals surface area contributed by atoms with Crippen LogP contribution >= 0.6 is 11.6 Å². The first-order chi connectivity index (χ1) is 12.7. The fourth-order valence-electron chi connectivity index (χ4n) is 2.71. The lowest BCUT2D eigenvalue weighted by molar-refractivity contribution is 0.0538. The fourth-order valence-corrected chi connectivity index (χ4v) is 4.27. The molecule has 144 valence electrons. The predicted molar refractivity (Wildman–Crippen MR) is 96.5 cm³/mol. The van der Waals surface area contributed by atoms with Gasteiger partial charge in [-0.3, -0.25) is 9.40 Å². The van der Waals surface area contributed by atoms with Crippen molar-refractivity contribution in [1.29, 1.82) is 0 Å². The van der Waals surface area contributed by atoms with Gasteiger partial charge in [-0.2, -0.15) is 19.0 Å². The summed E-state index contributed by atoms with van der Waals surface area (Å²) < 4.78 is 55.4. The molecule has 3 aromatic rings. The van der Waals surface area contributed by atoms with Gasteiger partial charge >= 0.3 is 6.55 Å². The summed E-state index contributed by atoms with van der Waals surface area (Å²) in [6.07, 6.45) is 2.85. The maximum atomic E-state index is 12.9.